The zero-order valence-corrected chi connectivity index (χ0v) is 16.5. The molecule has 27 heavy (non-hydrogen) atoms. The third-order valence-electron chi connectivity index (χ3n) is 4.70. The van der Waals surface area contributed by atoms with Crippen LogP contribution in [0.5, 0.6) is 5.88 Å². The van der Waals surface area contributed by atoms with Crippen molar-refractivity contribution in [1.29, 1.82) is 5.26 Å². The number of rotatable bonds is 5. The van der Waals surface area contributed by atoms with Crippen molar-refractivity contribution in [3.63, 3.8) is 0 Å². The number of ether oxygens (including phenoxy) is 1. The van der Waals surface area contributed by atoms with E-state index in [1.54, 1.807) is 30.7 Å². The minimum Gasteiger partial charge on any atom is -0.473 e. The number of hydrogen-bond donors (Lipinski definition) is 0. The van der Waals surface area contributed by atoms with E-state index in [0.717, 1.165) is 6.42 Å². The fourth-order valence-electron chi connectivity index (χ4n) is 3.42. The Bertz CT molecular complexity index is 977. The van der Waals surface area contributed by atoms with Crippen molar-refractivity contribution >= 4 is 10.0 Å². The van der Waals surface area contributed by atoms with Gasteiger partial charge in [-0.15, -0.1) is 0 Å². The van der Waals surface area contributed by atoms with Gasteiger partial charge in [0.2, 0.25) is 15.9 Å². The Morgan fingerprint density at radius 1 is 1.41 bits per heavy atom. The average Bonchev–Trinajstić information content (AvgIpc) is 2.96. The standard InChI is InChI=1S/C18H23N5O3S/c1-4-23-14(3)18(13(2)21-23)27(24,25)22-9-5-6-16(12-22)26-17-10-15(11-19)7-8-20-17/h7-8,10,16H,4-6,9,12H2,1-3H3/t16-/m1/s1. The van der Waals surface area contributed by atoms with Crippen molar-refractivity contribution in [2.24, 2.45) is 0 Å². The molecule has 0 radical (unpaired) electrons. The maximum Gasteiger partial charge on any atom is 0.246 e. The fourth-order valence-corrected chi connectivity index (χ4v) is 5.31. The van der Waals surface area contributed by atoms with Crippen molar-refractivity contribution in [3.05, 3.63) is 35.3 Å². The van der Waals surface area contributed by atoms with Crippen LogP contribution in [0.2, 0.25) is 0 Å². The van der Waals surface area contributed by atoms with E-state index in [9.17, 15) is 8.42 Å². The van der Waals surface area contributed by atoms with Crippen LogP contribution in [-0.2, 0) is 16.6 Å². The molecule has 0 bridgehead atoms. The summed E-state index contributed by atoms with van der Waals surface area (Å²) in [5.41, 5.74) is 1.63. The number of pyridine rings is 1. The van der Waals surface area contributed by atoms with Crippen LogP contribution in [0.25, 0.3) is 0 Å². The van der Waals surface area contributed by atoms with E-state index < -0.39 is 10.0 Å². The summed E-state index contributed by atoms with van der Waals surface area (Å²) in [5.74, 6) is 0.337. The number of aryl methyl sites for hydroxylation is 2. The molecule has 0 saturated carbocycles. The molecular formula is C18H23N5O3S. The smallest absolute Gasteiger partial charge is 0.246 e. The van der Waals surface area contributed by atoms with E-state index in [4.69, 9.17) is 10.00 Å². The molecule has 1 saturated heterocycles. The lowest BCUT2D eigenvalue weighted by atomic mass is 10.1. The third kappa shape index (κ3) is 3.82. The van der Waals surface area contributed by atoms with Crippen molar-refractivity contribution in [2.75, 3.05) is 13.1 Å². The second kappa shape index (κ2) is 7.66. The van der Waals surface area contributed by atoms with Gasteiger partial charge in [-0.3, -0.25) is 4.68 Å². The van der Waals surface area contributed by atoms with Gasteiger partial charge in [-0.1, -0.05) is 0 Å². The lowest BCUT2D eigenvalue weighted by molar-refractivity contribution is 0.124. The van der Waals surface area contributed by atoms with E-state index in [2.05, 4.69) is 10.1 Å². The molecule has 0 amide bonds. The predicted molar refractivity (Wildman–Crippen MR) is 98.7 cm³/mol. The first-order chi connectivity index (χ1) is 12.9. The molecule has 1 aliphatic heterocycles. The molecule has 0 unspecified atom stereocenters. The molecule has 3 heterocycles. The van der Waals surface area contributed by atoms with Crippen LogP contribution in [0.4, 0.5) is 0 Å². The summed E-state index contributed by atoms with van der Waals surface area (Å²) in [6.45, 7) is 6.76. The molecule has 0 spiro atoms. The van der Waals surface area contributed by atoms with Crippen LogP contribution >= 0.6 is 0 Å². The number of nitriles is 1. The first-order valence-corrected chi connectivity index (χ1v) is 10.4. The first kappa shape index (κ1) is 19.3. The quantitative estimate of drug-likeness (QED) is 0.775. The molecule has 8 nitrogen and oxygen atoms in total. The van der Waals surface area contributed by atoms with Crippen molar-refractivity contribution in [2.45, 2.75) is 51.2 Å². The minimum absolute atomic E-state index is 0.247. The van der Waals surface area contributed by atoms with Crippen molar-refractivity contribution < 1.29 is 13.2 Å². The molecule has 1 fully saturated rings. The molecule has 0 N–H and O–H groups in total. The molecule has 9 heteroatoms. The minimum atomic E-state index is -3.65. The highest BCUT2D eigenvalue weighted by Gasteiger charge is 2.35. The van der Waals surface area contributed by atoms with Gasteiger partial charge in [-0.2, -0.15) is 14.7 Å². The highest BCUT2D eigenvalue weighted by atomic mass is 32.2. The Balaban J connectivity index is 1.81. The molecule has 2 aromatic heterocycles. The fraction of sp³-hybridized carbons (Fsp3) is 0.500. The number of hydrogen-bond acceptors (Lipinski definition) is 6. The topological polar surface area (TPSA) is 101 Å². The summed E-state index contributed by atoms with van der Waals surface area (Å²) < 4.78 is 35.5. The maximum atomic E-state index is 13.2. The highest BCUT2D eigenvalue weighted by molar-refractivity contribution is 7.89. The number of piperidine rings is 1. The summed E-state index contributed by atoms with van der Waals surface area (Å²) in [4.78, 5) is 4.40. The molecule has 2 aromatic rings. The van der Waals surface area contributed by atoms with Gasteiger partial charge in [0.1, 0.15) is 11.0 Å². The maximum absolute atomic E-state index is 13.2. The predicted octanol–water partition coefficient (Wildman–Crippen LogP) is 2.02. The second-order valence-corrected chi connectivity index (χ2v) is 8.43. The normalized spacial score (nSPS) is 18.2. The van der Waals surface area contributed by atoms with E-state index in [1.807, 2.05) is 13.0 Å². The van der Waals surface area contributed by atoms with Gasteiger partial charge in [-0.05, 0) is 39.7 Å². The number of nitrogens with zero attached hydrogens (tertiary/aromatic N) is 5. The lowest BCUT2D eigenvalue weighted by Gasteiger charge is -2.31. The van der Waals surface area contributed by atoms with Crippen LogP contribution in [0.3, 0.4) is 0 Å². The number of aromatic nitrogens is 3. The van der Waals surface area contributed by atoms with Gasteiger partial charge >= 0.3 is 0 Å². The largest absolute Gasteiger partial charge is 0.473 e. The average molecular weight is 389 g/mol. The summed E-state index contributed by atoms with van der Waals surface area (Å²) in [6.07, 6.45) is 2.63. The van der Waals surface area contributed by atoms with Crippen LogP contribution in [-0.4, -0.2) is 46.7 Å². The van der Waals surface area contributed by atoms with Gasteiger partial charge in [0.25, 0.3) is 0 Å². The Morgan fingerprint density at radius 2 is 2.19 bits per heavy atom. The zero-order chi connectivity index (χ0) is 19.6. The third-order valence-corrected chi connectivity index (χ3v) is 6.82. The molecule has 1 aliphatic rings. The Morgan fingerprint density at radius 3 is 2.85 bits per heavy atom. The Kier molecular flexibility index (Phi) is 5.48. The molecule has 0 aliphatic carbocycles. The lowest BCUT2D eigenvalue weighted by Crippen LogP contribution is -2.44. The van der Waals surface area contributed by atoms with Crippen LogP contribution in [0.1, 0.15) is 36.7 Å². The zero-order valence-electron chi connectivity index (χ0n) is 15.7. The van der Waals surface area contributed by atoms with Gasteiger partial charge in [0, 0.05) is 25.4 Å². The summed E-state index contributed by atoms with van der Waals surface area (Å²) in [5, 5.41) is 13.3. The van der Waals surface area contributed by atoms with Crippen molar-refractivity contribution in [3.8, 4) is 11.9 Å². The Labute approximate surface area is 159 Å². The van der Waals surface area contributed by atoms with Crippen LogP contribution in [0.15, 0.2) is 23.2 Å². The van der Waals surface area contributed by atoms with Crippen LogP contribution < -0.4 is 4.74 Å². The van der Waals surface area contributed by atoms with Crippen LogP contribution in [0, 0.1) is 25.2 Å². The Hall–Kier alpha value is -2.44. The van der Waals surface area contributed by atoms with Gasteiger partial charge < -0.3 is 4.74 Å². The monoisotopic (exact) mass is 389 g/mol. The number of sulfonamides is 1. The van der Waals surface area contributed by atoms with E-state index in [0.29, 0.717) is 42.3 Å². The summed E-state index contributed by atoms with van der Waals surface area (Å²) in [7, 11) is -3.65. The summed E-state index contributed by atoms with van der Waals surface area (Å²) in [6, 6.07) is 5.21. The van der Waals surface area contributed by atoms with Gasteiger partial charge in [-0.25, -0.2) is 13.4 Å². The first-order valence-electron chi connectivity index (χ1n) is 8.93. The van der Waals surface area contributed by atoms with E-state index in [-0.39, 0.29) is 17.5 Å². The van der Waals surface area contributed by atoms with Crippen molar-refractivity contribution in [1.82, 2.24) is 19.1 Å². The van der Waals surface area contributed by atoms with E-state index in [1.165, 1.54) is 10.5 Å². The second-order valence-electron chi connectivity index (χ2n) is 6.56. The molecular weight excluding hydrogens is 366 g/mol. The molecule has 1 atom stereocenters. The van der Waals surface area contributed by atoms with Gasteiger partial charge in [0.15, 0.2) is 0 Å². The molecule has 0 aromatic carbocycles. The highest BCUT2D eigenvalue weighted by Crippen LogP contribution is 2.27. The molecule has 3 rings (SSSR count). The van der Waals surface area contributed by atoms with E-state index >= 15 is 0 Å². The molecule has 144 valence electrons. The van der Waals surface area contributed by atoms with Gasteiger partial charge in [0.05, 0.1) is 29.6 Å². The SMILES string of the molecule is CCn1nc(C)c(S(=O)(=O)N2CCC[C@@H](Oc3cc(C#N)ccn3)C2)c1C. The summed E-state index contributed by atoms with van der Waals surface area (Å²) >= 11 is 0.